The molecule has 3 aromatic carbocycles. The van der Waals surface area contributed by atoms with Gasteiger partial charge in [0, 0.05) is 19.0 Å². The summed E-state index contributed by atoms with van der Waals surface area (Å²) in [4.78, 5) is 26.2. The first kappa shape index (κ1) is 30.5. The Kier molecular flexibility index (Phi) is 9.44. The Labute approximate surface area is 258 Å². The number of nitrogens with one attached hydrogen (secondary N) is 1. The molecule has 0 spiro atoms. The molecule has 11 nitrogen and oxygen atoms in total. The van der Waals surface area contributed by atoms with Crippen molar-refractivity contribution in [2.24, 2.45) is 12.1 Å². The molecule has 0 bridgehead atoms. The summed E-state index contributed by atoms with van der Waals surface area (Å²) < 4.78 is 31.1. The van der Waals surface area contributed by atoms with Gasteiger partial charge < -0.3 is 24.1 Å². The van der Waals surface area contributed by atoms with Gasteiger partial charge in [-0.2, -0.15) is 5.10 Å². The second-order valence-electron chi connectivity index (χ2n) is 9.78. The lowest BCUT2D eigenvalue weighted by molar-refractivity contribution is -0.130. The highest BCUT2D eigenvalue weighted by Gasteiger charge is 2.33. The lowest BCUT2D eigenvalue weighted by Crippen LogP contribution is -2.28. The number of nitrogens with zero attached hydrogens (tertiary/aromatic N) is 5. The van der Waals surface area contributed by atoms with Crippen LogP contribution in [0.2, 0.25) is 0 Å². The van der Waals surface area contributed by atoms with E-state index in [4.69, 9.17) is 14.2 Å². The number of hydrogen-bond acceptors (Lipinski definition) is 9. The molecule has 0 fully saturated rings. The van der Waals surface area contributed by atoms with Gasteiger partial charge in [-0.1, -0.05) is 23.9 Å². The van der Waals surface area contributed by atoms with Crippen molar-refractivity contribution in [1.82, 2.24) is 25.1 Å². The standard InChI is InChI=1S/C31H31FN6O5S/c1-37-28(17-33-30(40)21-9-14-26(42-3)27(15-21)43-4)34-35-31(37)44-18-29(39)38-25(20-5-10-22(32)11-6-20)16-24(36-38)19-7-12-23(41-2)13-8-19/h5-15,25H,16-18H2,1-4H3,(H,33,40). The van der Waals surface area contributed by atoms with Crippen molar-refractivity contribution in [2.75, 3.05) is 27.1 Å². The Morgan fingerprint density at radius 3 is 2.36 bits per heavy atom. The molecule has 13 heteroatoms. The lowest BCUT2D eigenvalue weighted by atomic mass is 9.98. The van der Waals surface area contributed by atoms with Crippen LogP contribution in [0.4, 0.5) is 4.39 Å². The number of carbonyl (C=O) groups excluding carboxylic acids is 2. The first-order valence-corrected chi connectivity index (χ1v) is 14.6. The van der Waals surface area contributed by atoms with Crippen LogP contribution >= 0.6 is 11.8 Å². The molecule has 1 aliphatic rings. The SMILES string of the molecule is COc1ccc(C2=NN(C(=O)CSc3nnc(CNC(=O)c4ccc(OC)c(OC)c4)n3C)C(c3ccc(F)cc3)C2)cc1. The van der Waals surface area contributed by atoms with E-state index >= 15 is 0 Å². The van der Waals surface area contributed by atoms with Gasteiger partial charge >= 0.3 is 0 Å². The molecule has 2 heterocycles. The van der Waals surface area contributed by atoms with Crippen molar-refractivity contribution in [2.45, 2.75) is 24.2 Å². The molecule has 44 heavy (non-hydrogen) atoms. The Balaban J connectivity index is 1.25. The molecule has 0 aliphatic carbocycles. The number of hydrogen-bond donors (Lipinski definition) is 1. The van der Waals surface area contributed by atoms with Crippen LogP contribution in [0.5, 0.6) is 17.2 Å². The molecular weight excluding hydrogens is 587 g/mol. The highest BCUT2D eigenvalue weighted by molar-refractivity contribution is 7.99. The van der Waals surface area contributed by atoms with E-state index in [9.17, 15) is 14.0 Å². The first-order valence-electron chi connectivity index (χ1n) is 13.6. The summed E-state index contributed by atoms with van der Waals surface area (Å²) in [5, 5.41) is 17.9. The van der Waals surface area contributed by atoms with E-state index in [1.54, 1.807) is 49.1 Å². The Hall–Kier alpha value is -4.91. The first-order chi connectivity index (χ1) is 21.3. The predicted octanol–water partition coefficient (Wildman–Crippen LogP) is 4.38. The minimum Gasteiger partial charge on any atom is -0.497 e. The highest BCUT2D eigenvalue weighted by atomic mass is 32.2. The largest absolute Gasteiger partial charge is 0.497 e. The Bertz CT molecular complexity index is 1680. The number of benzene rings is 3. The Morgan fingerprint density at radius 2 is 1.68 bits per heavy atom. The number of amides is 2. The maximum atomic E-state index is 13.7. The average Bonchev–Trinajstić information content (AvgIpc) is 3.66. The third-order valence-electron chi connectivity index (χ3n) is 7.15. The number of halogens is 1. The summed E-state index contributed by atoms with van der Waals surface area (Å²) >= 11 is 1.21. The van der Waals surface area contributed by atoms with Gasteiger partial charge in [0.05, 0.1) is 45.4 Å². The molecule has 1 aliphatic heterocycles. The summed E-state index contributed by atoms with van der Waals surface area (Å²) in [6.45, 7) is 0.124. The summed E-state index contributed by atoms with van der Waals surface area (Å²) in [6, 6.07) is 18.1. The topological polar surface area (TPSA) is 120 Å². The minimum absolute atomic E-state index is 0.0427. The minimum atomic E-state index is -0.386. The molecule has 4 aromatic rings. The fourth-order valence-electron chi connectivity index (χ4n) is 4.70. The van der Waals surface area contributed by atoms with Crippen molar-refractivity contribution in [3.8, 4) is 17.2 Å². The van der Waals surface area contributed by atoms with Crippen molar-refractivity contribution >= 4 is 29.3 Å². The van der Waals surface area contributed by atoms with Crippen LogP contribution in [-0.2, 0) is 18.4 Å². The molecular formula is C31H31FN6O5S. The summed E-state index contributed by atoms with van der Waals surface area (Å²) in [6.07, 6.45) is 0.474. The van der Waals surface area contributed by atoms with Crippen LogP contribution in [0.1, 0.15) is 39.8 Å². The molecule has 1 aromatic heterocycles. The number of ether oxygens (including phenoxy) is 3. The van der Waals surface area contributed by atoms with Crippen LogP contribution in [-0.4, -0.2) is 64.4 Å². The highest BCUT2D eigenvalue weighted by Crippen LogP contribution is 2.34. The Morgan fingerprint density at radius 1 is 0.955 bits per heavy atom. The summed E-state index contributed by atoms with van der Waals surface area (Å²) in [7, 11) is 6.39. The van der Waals surface area contributed by atoms with E-state index in [1.165, 1.54) is 43.1 Å². The monoisotopic (exact) mass is 618 g/mol. The van der Waals surface area contributed by atoms with Crippen LogP contribution in [0, 0.1) is 5.82 Å². The van der Waals surface area contributed by atoms with Gasteiger partial charge in [-0.15, -0.1) is 10.2 Å². The number of rotatable bonds is 11. The number of carbonyl (C=O) groups is 2. The van der Waals surface area contributed by atoms with Crippen molar-refractivity contribution < 1.29 is 28.2 Å². The maximum Gasteiger partial charge on any atom is 0.253 e. The van der Waals surface area contributed by atoms with Crippen molar-refractivity contribution in [3.63, 3.8) is 0 Å². The molecule has 228 valence electrons. The summed E-state index contributed by atoms with van der Waals surface area (Å²) in [5.41, 5.74) is 2.80. The van der Waals surface area contributed by atoms with Gasteiger partial charge in [0.15, 0.2) is 22.5 Å². The van der Waals surface area contributed by atoms with Crippen molar-refractivity contribution in [1.29, 1.82) is 0 Å². The molecule has 1 unspecified atom stereocenters. The molecule has 2 amide bonds. The average molecular weight is 619 g/mol. The zero-order chi connectivity index (χ0) is 31.2. The van der Waals surface area contributed by atoms with Crippen LogP contribution in [0.25, 0.3) is 0 Å². The van der Waals surface area contributed by atoms with Gasteiger partial charge in [0.25, 0.3) is 11.8 Å². The quantitative estimate of drug-likeness (QED) is 0.246. The van der Waals surface area contributed by atoms with E-state index in [1.807, 2.05) is 24.3 Å². The maximum absolute atomic E-state index is 13.7. The normalized spacial score (nSPS) is 14.2. The van der Waals surface area contributed by atoms with E-state index in [0.29, 0.717) is 34.5 Å². The number of aromatic nitrogens is 3. The molecule has 0 saturated carbocycles. The second-order valence-corrected chi connectivity index (χ2v) is 10.7. The zero-order valence-corrected chi connectivity index (χ0v) is 25.4. The molecule has 1 N–H and O–H groups in total. The second kappa shape index (κ2) is 13.6. The van der Waals surface area contributed by atoms with E-state index in [0.717, 1.165) is 22.6 Å². The smallest absolute Gasteiger partial charge is 0.253 e. The molecule has 1 atom stereocenters. The lowest BCUT2D eigenvalue weighted by Gasteiger charge is -2.22. The summed E-state index contributed by atoms with van der Waals surface area (Å²) in [5.74, 6) is 1.34. The van der Waals surface area contributed by atoms with E-state index < -0.39 is 0 Å². The number of methoxy groups -OCH3 is 3. The van der Waals surface area contributed by atoms with Gasteiger partial charge in [-0.3, -0.25) is 9.59 Å². The van der Waals surface area contributed by atoms with Gasteiger partial charge in [0.2, 0.25) is 0 Å². The van der Waals surface area contributed by atoms with Crippen molar-refractivity contribution in [3.05, 3.63) is 95.1 Å². The molecule has 0 saturated heterocycles. The zero-order valence-electron chi connectivity index (χ0n) is 24.6. The van der Waals surface area contributed by atoms with Gasteiger partial charge in [-0.05, 0) is 65.7 Å². The van der Waals surface area contributed by atoms with E-state index in [2.05, 4.69) is 20.6 Å². The van der Waals surface area contributed by atoms with Crippen LogP contribution in [0.3, 0.4) is 0 Å². The van der Waals surface area contributed by atoms with Crippen LogP contribution < -0.4 is 19.5 Å². The molecule has 0 radical (unpaired) electrons. The third kappa shape index (κ3) is 6.67. The van der Waals surface area contributed by atoms with E-state index in [-0.39, 0.29) is 36.0 Å². The number of thioether (sulfide) groups is 1. The number of hydrazone groups is 1. The van der Waals surface area contributed by atoms with Gasteiger partial charge in [-0.25, -0.2) is 9.40 Å². The fourth-order valence-corrected chi connectivity index (χ4v) is 5.48. The fraction of sp³-hybridized carbons (Fsp3) is 0.258. The predicted molar refractivity (Wildman–Crippen MR) is 163 cm³/mol. The van der Waals surface area contributed by atoms with Gasteiger partial charge in [0.1, 0.15) is 11.6 Å². The third-order valence-corrected chi connectivity index (χ3v) is 8.15. The molecule has 5 rings (SSSR count). The van der Waals surface area contributed by atoms with Crippen LogP contribution in [0.15, 0.2) is 77.0 Å².